The smallest absolute Gasteiger partial charge is 0.326 e. The average Bonchev–Trinajstić information content (AvgIpc) is 2.57. The molecule has 0 aliphatic carbocycles. The van der Waals surface area contributed by atoms with Gasteiger partial charge in [-0.1, -0.05) is 37.1 Å². The maximum atomic E-state index is 12.5. The first-order chi connectivity index (χ1) is 11.5. The van der Waals surface area contributed by atoms with Crippen LogP contribution in [0.4, 0.5) is 0 Å². The van der Waals surface area contributed by atoms with Crippen molar-refractivity contribution in [3.8, 4) is 0 Å². The van der Waals surface area contributed by atoms with Gasteiger partial charge < -0.3 is 15.2 Å². The molecule has 2 N–H and O–H groups in total. The van der Waals surface area contributed by atoms with E-state index in [2.05, 4.69) is 5.32 Å². The topological polar surface area (TPSA) is 92.7 Å². The Kier molecular flexibility index (Phi) is 6.35. The Hall–Kier alpha value is -2.37. The predicted octanol–water partition coefficient (Wildman–Crippen LogP) is 1.70. The fraction of sp³-hybridized carbons (Fsp3) is 0.500. The molecule has 2 rings (SSSR count). The van der Waals surface area contributed by atoms with Gasteiger partial charge in [0.25, 0.3) is 0 Å². The quantitative estimate of drug-likeness (QED) is 0.635. The number of hydrogen-bond donors (Lipinski definition) is 2. The van der Waals surface area contributed by atoms with Crippen LogP contribution in [0.2, 0.25) is 0 Å². The zero-order valence-electron chi connectivity index (χ0n) is 13.8. The molecule has 6 nitrogen and oxygen atoms in total. The summed E-state index contributed by atoms with van der Waals surface area (Å²) < 4.78 is 4.75. The molecule has 0 saturated carbocycles. The number of ether oxygens (including phenoxy) is 1. The van der Waals surface area contributed by atoms with Gasteiger partial charge in [-0.3, -0.25) is 9.59 Å². The van der Waals surface area contributed by atoms with Crippen molar-refractivity contribution in [3.05, 3.63) is 35.4 Å². The molecule has 1 amide bonds. The van der Waals surface area contributed by atoms with Gasteiger partial charge in [0.05, 0.1) is 7.11 Å². The Morgan fingerprint density at radius 1 is 1.17 bits per heavy atom. The van der Waals surface area contributed by atoms with Crippen LogP contribution in [0, 0.1) is 5.92 Å². The number of aliphatic carboxylic acids is 1. The van der Waals surface area contributed by atoms with E-state index in [9.17, 15) is 19.5 Å². The minimum atomic E-state index is -1.08. The summed E-state index contributed by atoms with van der Waals surface area (Å²) in [4.78, 5) is 35.9. The second-order valence-corrected chi connectivity index (χ2v) is 6.05. The van der Waals surface area contributed by atoms with Crippen LogP contribution in [-0.4, -0.2) is 36.1 Å². The van der Waals surface area contributed by atoms with Crippen LogP contribution in [0.15, 0.2) is 24.3 Å². The van der Waals surface area contributed by atoms with Crippen LogP contribution < -0.4 is 5.32 Å². The minimum Gasteiger partial charge on any atom is -0.480 e. The lowest BCUT2D eigenvalue weighted by atomic mass is 9.91. The first kappa shape index (κ1) is 18.0. The van der Waals surface area contributed by atoms with Crippen molar-refractivity contribution < 1.29 is 24.2 Å². The number of esters is 1. The number of fused-ring (bicyclic) bond motifs is 1. The van der Waals surface area contributed by atoms with Crippen molar-refractivity contribution in [1.82, 2.24) is 5.32 Å². The number of hydrogen-bond acceptors (Lipinski definition) is 4. The van der Waals surface area contributed by atoms with Crippen LogP contribution in [0.1, 0.15) is 36.8 Å². The predicted molar refractivity (Wildman–Crippen MR) is 87.4 cm³/mol. The Balaban J connectivity index is 2.31. The van der Waals surface area contributed by atoms with Crippen molar-refractivity contribution in [2.24, 2.45) is 5.92 Å². The van der Waals surface area contributed by atoms with E-state index in [0.717, 1.165) is 30.4 Å². The highest BCUT2D eigenvalue weighted by Gasteiger charge is 2.32. The molecule has 1 aliphatic rings. The molecule has 1 aromatic carbocycles. The highest BCUT2D eigenvalue weighted by Crippen LogP contribution is 2.20. The van der Waals surface area contributed by atoms with Gasteiger partial charge in [0.15, 0.2) is 0 Å². The number of rotatable bonds is 2. The Morgan fingerprint density at radius 3 is 2.54 bits per heavy atom. The molecule has 0 saturated heterocycles. The number of carboxylic acids is 1. The highest BCUT2D eigenvalue weighted by molar-refractivity contribution is 5.99. The zero-order chi connectivity index (χ0) is 17.5. The third kappa shape index (κ3) is 4.57. The van der Waals surface area contributed by atoms with Gasteiger partial charge in [0, 0.05) is 0 Å². The SMILES string of the molecule is COC(=O)C1Cc2ccccc2CCCCC[C@@H](C(=O)O)NC1=O. The molecule has 6 heteroatoms. The van der Waals surface area contributed by atoms with Crippen molar-refractivity contribution in [2.75, 3.05) is 7.11 Å². The van der Waals surface area contributed by atoms with Gasteiger partial charge in [-0.05, 0) is 36.8 Å². The number of methoxy groups -OCH3 is 1. The summed E-state index contributed by atoms with van der Waals surface area (Å²) in [6.07, 6.45) is 3.97. The van der Waals surface area contributed by atoms with E-state index in [1.54, 1.807) is 0 Å². The van der Waals surface area contributed by atoms with E-state index in [4.69, 9.17) is 4.74 Å². The fourth-order valence-electron chi connectivity index (χ4n) is 3.02. The third-order valence-corrected chi connectivity index (χ3v) is 4.40. The third-order valence-electron chi connectivity index (χ3n) is 4.40. The van der Waals surface area contributed by atoms with Crippen molar-refractivity contribution >= 4 is 17.8 Å². The molecule has 1 aromatic rings. The van der Waals surface area contributed by atoms with Gasteiger partial charge >= 0.3 is 11.9 Å². The van der Waals surface area contributed by atoms with Crippen molar-refractivity contribution in [3.63, 3.8) is 0 Å². The van der Waals surface area contributed by atoms with Crippen molar-refractivity contribution in [2.45, 2.75) is 44.6 Å². The molecule has 130 valence electrons. The number of carbonyl (C=O) groups excluding carboxylic acids is 2. The molecule has 0 spiro atoms. The number of carboxylic acid groups (broad SMARTS) is 1. The second kappa shape index (κ2) is 8.47. The molecule has 2 atom stereocenters. The van der Waals surface area contributed by atoms with Crippen LogP contribution in [0.25, 0.3) is 0 Å². The summed E-state index contributed by atoms with van der Waals surface area (Å²) in [5, 5.41) is 11.8. The van der Waals surface area contributed by atoms with Gasteiger partial charge in [-0.25, -0.2) is 4.79 Å². The van der Waals surface area contributed by atoms with Crippen molar-refractivity contribution in [1.29, 1.82) is 0 Å². The molecular formula is C18H23NO5. The minimum absolute atomic E-state index is 0.209. The second-order valence-electron chi connectivity index (χ2n) is 6.05. The Labute approximate surface area is 141 Å². The van der Waals surface area contributed by atoms with Crippen LogP contribution >= 0.6 is 0 Å². The Bertz CT molecular complexity index is 613. The normalized spacial score (nSPS) is 22.3. The van der Waals surface area contributed by atoms with Gasteiger partial charge in [-0.2, -0.15) is 0 Å². The van der Waals surface area contributed by atoms with E-state index in [-0.39, 0.29) is 6.42 Å². The highest BCUT2D eigenvalue weighted by atomic mass is 16.5. The monoisotopic (exact) mass is 333 g/mol. The van der Waals surface area contributed by atoms with Crippen LogP contribution in [-0.2, 0) is 32.0 Å². The lowest BCUT2D eigenvalue weighted by Crippen LogP contribution is -2.46. The first-order valence-electron chi connectivity index (χ1n) is 8.20. The molecule has 0 radical (unpaired) electrons. The van der Waals surface area contributed by atoms with Crippen LogP contribution in [0.3, 0.4) is 0 Å². The number of carbonyl (C=O) groups is 3. The average molecular weight is 333 g/mol. The van der Waals surface area contributed by atoms with Crippen LogP contribution in [0.5, 0.6) is 0 Å². The first-order valence-corrected chi connectivity index (χ1v) is 8.20. The molecule has 1 unspecified atom stereocenters. The lowest BCUT2D eigenvalue weighted by Gasteiger charge is -2.21. The largest absolute Gasteiger partial charge is 0.480 e. The van der Waals surface area contributed by atoms with Gasteiger partial charge in [-0.15, -0.1) is 0 Å². The van der Waals surface area contributed by atoms with Gasteiger partial charge in [0.2, 0.25) is 5.91 Å². The summed E-state index contributed by atoms with van der Waals surface area (Å²) in [6.45, 7) is 0. The summed E-state index contributed by atoms with van der Waals surface area (Å²) >= 11 is 0. The summed E-state index contributed by atoms with van der Waals surface area (Å²) in [7, 11) is 1.23. The molecule has 0 bridgehead atoms. The molecule has 0 aromatic heterocycles. The molecule has 24 heavy (non-hydrogen) atoms. The number of amides is 1. The molecule has 1 heterocycles. The van der Waals surface area contributed by atoms with E-state index in [1.807, 2.05) is 24.3 Å². The standard InChI is InChI=1S/C18H23NO5/c1-24-18(23)14-11-13-9-6-5-8-12(13)7-3-2-4-10-15(17(21)22)19-16(14)20/h5-6,8-9,14-15H,2-4,7,10-11H2,1H3,(H,19,20)(H,21,22)/t14?,15-/m0/s1. The lowest BCUT2D eigenvalue weighted by molar-refractivity contribution is -0.152. The molecule has 0 fully saturated rings. The maximum absolute atomic E-state index is 12.5. The Morgan fingerprint density at radius 2 is 1.88 bits per heavy atom. The van der Waals surface area contributed by atoms with E-state index in [0.29, 0.717) is 12.8 Å². The van der Waals surface area contributed by atoms with Gasteiger partial charge in [0.1, 0.15) is 12.0 Å². The fourth-order valence-corrected chi connectivity index (χ4v) is 3.02. The molecule has 1 aliphatic heterocycles. The zero-order valence-corrected chi connectivity index (χ0v) is 13.8. The molecular weight excluding hydrogens is 310 g/mol. The van der Waals surface area contributed by atoms with E-state index < -0.39 is 29.8 Å². The summed E-state index contributed by atoms with van der Waals surface area (Å²) in [5.74, 6) is -3.37. The summed E-state index contributed by atoms with van der Waals surface area (Å²) in [6, 6.07) is 6.75. The van der Waals surface area contributed by atoms with E-state index in [1.165, 1.54) is 7.11 Å². The summed E-state index contributed by atoms with van der Waals surface area (Å²) in [5.41, 5.74) is 2.05. The number of benzene rings is 1. The number of nitrogens with one attached hydrogen (secondary N) is 1. The maximum Gasteiger partial charge on any atom is 0.326 e. The van der Waals surface area contributed by atoms with E-state index >= 15 is 0 Å². The number of aryl methyl sites for hydroxylation is 1.